The summed E-state index contributed by atoms with van der Waals surface area (Å²) < 4.78 is 18.2. The van der Waals surface area contributed by atoms with Crippen LogP contribution in [-0.4, -0.2) is 35.5 Å². The van der Waals surface area contributed by atoms with Gasteiger partial charge in [-0.3, -0.25) is 19.8 Å². The summed E-state index contributed by atoms with van der Waals surface area (Å²) in [5.74, 6) is -0.937. The van der Waals surface area contributed by atoms with Gasteiger partial charge in [0.1, 0.15) is 5.82 Å². The molecule has 7 heteroatoms. The van der Waals surface area contributed by atoms with Crippen LogP contribution in [0.15, 0.2) is 18.2 Å². The third-order valence-electron chi connectivity index (χ3n) is 2.83. The molecule has 0 aliphatic carbocycles. The molecule has 0 atom stereocenters. The molecule has 0 saturated heterocycles. The first-order valence-electron chi connectivity index (χ1n) is 6.78. The molecule has 0 radical (unpaired) electrons. The van der Waals surface area contributed by atoms with Crippen LogP contribution in [-0.2, 0) is 16.1 Å². The molecule has 0 amide bonds. The van der Waals surface area contributed by atoms with Crippen molar-refractivity contribution in [1.29, 1.82) is 0 Å². The number of halogens is 1. The van der Waals surface area contributed by atoms with Gasteiger partial charge in [-0.1, -0.05) is 6.92 Å². The maximum absolute atomic E-state index is 13.3. The van der Waals surface area contributed by atoms with E-state index >= 15 is 0 Å². The van der Waals surface area contributed by atoms with Crippen molar-refractivity contribution in [2.24, 2.45) is 0 Å². The van der Waals surface area contributed by atoms with E-state index in [9.17, 15) is 19.3 Å². The number of hydrogen-bond donors (Lipinski definition) is 0. The zero-order chi connectivity index (χ0) is 15.8. The molecule has 1 aromatic rings. The van der Waals surface area contributed by atoms with E-state index < -0.39 is 16.7 Å². The minimum Gasteiger partial charge on any atom is -0.465 e. The molecule has 0 bridgehead atoms. The van der Waals surface area contributed by atoms with E-state index in [1.807, 2.05) is 6.92 Å². The van der Waals surface area contributed by atoms with Gasteiger partial charge < -0.3 is 4.74 Å². The molecule has 0 fully saturated rings. The Labute approximate surface area is 122 Å². The molecule has 116 valence electrons. The topological polar surface area (TPSA) is 72.7 Å². The van der Waals surface area contributed by atoms with Gasteiger partial charge in [0.2, 0.25) is 0 Å². The minimum atomic E-state index is -0.552. The van der Waals surface area contributed by atoms with Crippen LogP contribution in [0.2, 0.25) is 0 Å². The number of ether oxygens (including phenoxy) is 1. The maximum Gasteiger partial charge on any atom is 0.320 e. The number of nitro groups is 1. The van der Waals surface area contributed by atoms with Gasteiger partial charge in [-0.15, -0.1) is 0 Å². The van der Waals surface area contributed by atoms with Crippen molar-refractivity contribution >= 4 is 11.7 Å². The highest BCUT2D eigenvalue weighted by molar-refractivity contribution is 5.71. The van der Waals surface area contributed by atoms with Gasteiger partial charge in [0.15, 0.2) is 0 Å². The summed E-state index contributed by atoms with van der Waals surface area (Å²) in [6.45, 7) is 4.62. The number of esters is 1. The normalized spacial score (nSPS) is 10.7. The van der Waals surface area contributed by atoms with E-state index in [0.29, 0.717) is 6.54 Å². The highest BCUT2D eigenvalue weighted by Gasteiger charge is 2.19. The summed E-state index contributed by atoms with van der Waals surface area (Å²) in [5, 5.41) is 11.0. The lowest BCUT2D eigenvalue weighted by Gasteiger charge is -2.20. The van der Waals surface area contributed by atoms with Crippen LogP contribution in [0.25, 0.3) is 0 Å². The lowest BCUT2D eigenvalue weighted by Crippen LogP contribution is -2.31. The van der Waals surface area contributed by atoms with Gasteiger partial charge in [0.25, 0.3) is 5.69 Å². The highest BCUT2D eigenvalue weighted by Crippen LogP contribution is 2.21. The van der Waals surface area contributed by atoms with Gasteiger partial charge in [-0.05, 0) is 32.0 Å². The summed E-state index contributed by atoms with van der Waals surface area (Å²) in [6, 6.07) is 3.32. The Morgan fingerprint density at radius 2 is 2.14 bits per heavy atom. The monoisotopic (exact) mass is 298 g/mol. The molecule has 0 aliphatic heterocycles. The molecule has 6 nitrogen and oxygen atoms in total. The fourth-order valence-corrected chi connectivity index (χ4v) is 2.02. The first-order chi connectivity index (χ1) is 9.97. The third kappa shape index (κ3) is 5.47. The lowest BCUT2D eigenvalue weighted by atomic mass is 10.1. The number of hydrogen-bond acceptors (Lipinski definition) is 5. The van der Waals surface area contributed by atoms with E-state index in [1.165, 1.54) is 0 Å². The number of nitro benzene ring substituents is 1. The summed E-state index contributed by atoms with van der Waals surface area (Å²) in [7, 11) is 0. The molecule has 0 N–H and O–H groups in total. The number of carbonyl (C=O) groups excluding carboxylic acids is 1. The first kappa shape index (κ1) is 17.0. The minimum absolute atomic E-state index is 0.0232. The predicted octanol–water partition coefficient (Wildman–Crippen LogP) is 2.51. The Bertz CT molecular complexity index is 508. The van der Waals surface area contributed by atoms with Crippen LogP contribution in [0, 0.1) is 15.9 Å². The van der Waals surface area contributed by atoms with E-state index in [2.05, 4.69) is 0 Å². The van der Waals surface area contributed by atoms with E-state index in [4.69, 9.17) is 4.74 Å². The summed E-state index contributed by atoms with van der Waals surface area (Å²) in [4.78, 5) is 23.7. The fraction of sp³-hybridized carbons (Fsp3) is 0.500. The molecule has 0 spiro atoms. The average molecular weight is 298 g/mol. The van der Waals surface area contributed by atoms with Gasteiger partial charge in [-0.25, -0.2) is 4.39 Å². The van der Waals surface area contributed by atoms with Gasteiger partial charge in [0, 0.05) is 18.2 Å². The van der Waals surface area contributed by atoms with Crippen molar-refractivity contribution < 1.29 is 18.8 Å². The zero-order valence-electron chi connectivity index (χ0n) is 12.2. The van der Waals surface area contributed by atoms with E-state index in [-0.39, 0.29) is 30.9 Å². The van der Waals surface area contributed by atoms with Crippen molar-refractivity contribution in [3.05, 3.63) is 39.7 Å². The van der Waals surface area contributed by atoms with E-state index in [0.717, 1.165) is 24.6 Å². The quantitative estimate of drug-likeness (QED) is 0.419. The van der Waals surface area contributed by atoms with Gasteiger partial charge >= 0.3 is 5.97 Å². The van der Waals surface area contributed by atoms with Crippen molar-refractivity contribution in [1.82, 2.24) is 4.90 Å². The van der Waals surface area contributed by atoms with Crippen molar-refractivity contribution in [2.75, 3.05) is 19.7 Å². The Morgan fingerprint density at radius 3 is 2.71 bits per heavy atom. The standard InChI is InChI=1S/C14H19FN2O4/c1-3-7-16(10-14(18)21-4-2)9-11-8-12(15)5-6-13(11)17(19)20/h5-6,8H,3-4,7,9-10H2,1-2H3. The lowest BCUT2D eigenvalue weighted by molar-refractivity contribution is -0.385. The van der Waals surface area contributed by atoms with Gasteiger partial charge in [0.05, 0.1) is 18.1 Å². The Hall–Kier alpha value is -2.02. The molecule has 1 aromatic carbocycles. The van der Waals surface area contributed by atoms with E-state index in [1.54, 1.807) is 11.8 Å². The van der Waals surface area contributed by atoms with Crippen LogP contribution in [0.3, 0.4) is 0 Å². The summed E-state index contributed by atoms with van der Waals surface area (Å²) in [5.41, 5.74) is 0.0964. The smallest absolute Gasteiger partial charge is 0.320 e. The Balaban J connectivity index is 2.90. The highest BCUT2D eigenvalue weighted by atomic mass is 19.1. The Morgan fingerprint density at radius 1 is 1.43 bits per heavy atom. The van der Waals surface area contributed by atoms with Crippen molar-refractivity contribution in [3.8, 4) is 0 Å². The number of nitrogens with zero attached hydrogens (tertiary/aromatic N) is 2. The average Bonchev–Trinajstić information content (AvgIpc) is 2.38. The molecule has 0 aliphatic rings. The van der Waals surface area contributed by atoms with Gasteiger partial charge in [-0.2, -0.15) is 0 Å². The van der Waals surface area contributed by atoms with Crippen molar-refractivity contribution in [3.63, 3.8) is 0 Å². The largest absolute Gasteiger partial charge is 0.465 e. The van der Waals surface area contributed by atoms with Crippen LogP contribution >= 0.6 is 0 Å². The number of benzene rings is 1. The van der Waals surface area contributed by atoms with Crippen LogP contribution < -0.4 is 0 Å². The molecule has 0 aromatic heterocycles. The molecule has 0 unspecified atom stereocenters. The third-order valence-corrected chi connectivity index (χ3v) is 2.83. The second-order valence-corrected chi connectivity index (χ2v) is 4.55. The first-order valence-corrected chi connectivity index (χ1v) is 6.78. The molecular formula is C14H19FN2O4. The molecular weight excluding hydrogens is 279 g/mol. The maximum atomic E-state index is 13.3. The number of rotatable bonds is 8. The molecule has 0 heterocycles. The molecule has 0 saturated carbocycles. The van der Waals surface area contributed by atoms with Crippen LogP contribution in [0.5, 0.6) is 0 Å². The summed E-state index contributed by atoms with van der Waals surface area (Å²) >= 11 is 0. The molecule has 21 heavy (non-hydrogen) atoms. The van der Waals surface area contributed by atoms with Crippen LogP contribution in [0.1, 0.15) is 25.8 Å². The predicted molar refractivity (Wildman–Crippen MR) is 75.3 cm³/mol. The number of carbonyl (C=O) groups is 1. The molecule has 1 rings (SSSR count). The van der Waals surface area contributed by atoms with Crippen molar-refractivity contribution in [2.45, 2.75) is 26.8 Å². The Kier molecular flexibility index (Phi) is 6.74. The fourth-order valence-electron chi connectivity index (χ4n) is 2.02. The zero-order valence-corrected chi connectivity index (χ0v) is 12.2. The van der Waals surface area contributed by atoms with Crippen LogP contribution in [0.4, 0.5) is 10.1 Å². The second kappa shape index (κ2) is 8.31. The second-order valence-electron chi connectivity index (χ2n) is 4.55. The summed E-state index contributed by atoms with van der Waals surface area (Å²) in [6.07, 6.45) is 0.766. The SMILES string of the molecule is CCCN(CC(=O)OCC)Cc1cc(F)ccc1[N+](=O)[O-].